The largest absolute Gasteiger partial charge is 0.329 e. The van der Waals surface area contributed by atoms with Crippen molar-refractivity contribution in [2.24, 2.45) is 11.7 Å². The first kappa shape index (κ1) is 18.4. The number of hydrogen-bond acceptors (Lipinski definition) is 2. The second-order valence-corrected chi connectivity index (χ2v) is 6.36. The van der Waals surface area contributed by atoms with E-state index in [4.69, 9.17) is 17.3 Å². The van der Waals surface area contributed by atoms with Gasteiger partial charge < -0.3 is 5.73 Å². The first-order valence-corrected chi connectivity index (χ1v) is 8.23. The summed E-state index contributed by atoms with van der Waals surface area (Å²) in [6, 6.07) is 5.45. The van der Waals surface area contributed by atoms with Gasteiger partial charge in [-0.05, 0) is 24.8 Å². The Morgan fingerprint density at radius 1 is 1.24 bits per heavy atom. The van der Waals surface area contributed by atoms with E-state index in [2.05, 4.69) is 32.6 Å². The Morgan fingerprint density at radius 3 is 2.33 bits per heavy atom. The van der Waals surface area contributed by atoms with Gasteiger partial charge >= 0.3 is 0 Å². The van der Waals surface area contributed by atoms with E-state index in [0.717, 1.165) is 19.4 Å². The number of nitrogens with two attached hydrogens (primary N) is 1. The van der Waals surface area contributed by atoms with Crippen LogP contribution in [0.2, 0.25) is 5.02 Å². The predicted molar refractivity (Wildman–Crippen MR) is 89.1 cm³/mol. The number of hydrogen-bond donors (Lipinski definition) is 1. The number of nitrogens with zero attached hydrogens (tertiary/aromatic N) is 1. The molecule has 0 amide bonds. The standard InChI is InChI=1S/C17H28ClFN2/c1-5-13(6-2)21(11-12(3)4)16(10-20)14-8-7-9-15(18)17(14)19/h7-9,12-13,16H,5-6,10-11,20H2,1-4H3. The Kier molecular flexibility index (Phi) is 7.64. The van der Waals surface area contributed by atoms with Gasteiger partial charge in [-0.15, -0.1) is 0 Å². The predicted octanol–water partition coefficient (Wildman–Crippen LogP) is 4.63. The van der Waals surface area contributed by atoms with Gasteiger partial charge in [0, 0.05) is 24.7 Å². The van der Waals surface area contributed by atoms with Crippen molar-refractivity contribution < 1.29 is 4.39 Å². The molecule has 0 aliphatic heterocycles. The highest BCUT2D eigenvalue weighted by atomic mass is 35.5. The van der Waals surface area contributed by atoms with E-state index in [9.17, 15) is 4.39 Å². The van der Waals surface area contributed by atoms with Crippen molar-refractivity contribution in [3.8, 4) is 0 Å². The van der Waals surface area contributed by atoms with Crippen LogP contribution in [0.25, 0.3) is 0 Å². The zero-order valence-corrected chi connectivity index (χ0v) is 14.3. The monoisotopic (exact) mass is 314 g/mol. The molecule has 0 aromatic heterocycles. The Labute approximate surface area is 133 Å². The van der Waals surface area contributed by atoms with Gasteiger partial charge in [0.15, 0.2) is 0 Å². The second kappa shape index (κ2) is 8.72. The zero-order chi connectivity index (χ0) is 16.0. The quantitative estimate of drug-likeness (QED) is 0.758. The number of benzene rings is 1. The van der Waals surface area contributed by atoms with E-state index < -0.39 is 0 Å². The molecule has 0 spiro atoms. The maximum atomic E-state index is 14.4. The Morgan fingerprint density at radius 2 is 1.86 bits per heavy atom. The Hall–Kier alpha value is -0.640. The number of halogens is 2. The summed E-state index contributed by atoms with van der Waals surface area (Å²) in [5, 5.41) is 0.167. The van der Waals surface area contributed by atoms with Crippen LogP contribution in [0.5, 0.6) is 0 Å². The van der Waals surface area contributed by atoms with E-state index >= 15 is 0 Å². The lowest BCUT2D eigenvalue weighted by atomic mass is 9.98. The summed E-state index contributed by atoms with van der Waals surface area (Å²) in [6.45, 7) is 9.99. The maximum Gasteiger partial charge on any atom is 0.146 e. The SMILES string of the molecule is CCC(CC)N(CC(C)C)C(CN)c1cccc(Cl)c1F. The number of rotatable bonds is 8. The van der Waals surface area contributed by atoms with Crippen LogP contribution in [-0.2, 0) is 0 Å². The van der Waals surface area contributed by atoms with Crippen LogP contribution in [-0.4, -0.2) is 24.0 Å². The van der Waals surface area contributed by atoms with Crippen molar-refractivity contribution in [3.05, 3.63) is 34.6 Å². The van der Waals surface area contributed by atoms with E-state index in [1.54, 1.807) is 18.2 Å². The normalized spacial score (nSPS) is 13.4. The third kappa shape index (κ3) is 4.67. The summed E-state index contributed by atoms with van der Waals surface area (Å²) in [7, 11) is 0. The molecule has 1 aromatic carbocycles. The molecule has 0 heterocycles. The fraction of sp³-hybridized carbons (Fsp3) is 0.647. The van der Waals surface area contributed by atoms with Gasteiger partial charge in [-0.25, -0.2) is 4.39 Å². The Balaban J connectivity index is 3.19. The van der Waals surface area contributed by atoms with Crippen molar-refractivity contribution >= 4 is 11.6 Å². The van der Waals surface area contributed by atoms with E-state index in [0.29, 0.717) is 24.1 Å². The molecule has 0 aliphatic carbocycles. The fourth-order valence-electron chi connectivity index (χ4n) is 2.93. The highest BCUT2D eigenvalue weighted by Crippen LogP contribution is 2.30. The summed E-state index contributed by atoms with van der Waals surface area (Å²) in [5.74, 6) is 0.163. The molecule has 21 heavy (non-hydrogen) atoms. The van der Waals surface area contributed by atoms with Crippen LogP contribution in [0.15, 0.2) is 18.2 Å². The lowest BCUT2D eigenvalue weighted by Crippen LogP contribution is -2.43. The topological polar surface area (TPSA) is 29.3 Å². The molecule has 0 bridgehead atoms. The first-order valence-electron chi connectivity index (χ1n) is 7.85. The first-order chi connectivity index (χ1) is 9.96. The molecular weight excluding hydrogens is 287 g/mol. The van der Waals surface area contributed by atoms with Gasteiger partial charge in [-0.2, -0.15) is 0 Å². The molecule has 0 fully saturated rings. The van der Waals surface area contributed by atoms with Crippen LogP contribution < -0.4 is 5.73 Å². The molecule has 120 valence electrons. The third-order valence-electron chi connectivity index (χ3n) is 3.95. The van der Waals surface area contributed by atoms with Crippen molar-refractivity contribution in [3.63, 3.8) is 0 Å². The summed E-state index contributed by atoms with van der Waals surface area (Å²) >= 11 is 5.94. The molecule has 0 radical (unpaired) electrons. The molecule has 1 unspecified atom stereocenters. The average Bonchev–Trinajstić information content (AvgIpc) is 2.44. The van der Waals surface area contributed by atoms with E-state index in [1.165, 1.54) is 0 Å². The van der Waals surface area contributed by atoms with Crippen LogP contribution in [0, 0.1) is 11.7 Å². The molecule has 1 rings (SSSR count). The minimum absolute atomic E-state index is 0.129. The minimum atomic E-state index is -0.339. The van der Waals surface area contributed by atoms with Crippen molar-refractivity contribution in [1.29, 1.82) is 0 Å². The molecule has 2 nitrogen and oxygen atoms in total. The minimum Gasteiger partial charge on any atom is -0.329 e. The van der Waals surface area contributed by atoms with Gasteiger partial charge in [0.05, 0.1) is 11.1 Å². The zero-order valence-electron chi connectivity index (χ0n) is 13.6. The van der Waals surface area contributed by atoms with Crippen LogP contribution in [0.1, 0.15) is 52.1 Å². The van der Waals surface area contributed by atoms with Gasteiger partial charge in [0.2, 0.25) is 0 Å². The third-order valence-corrected chi connectivity index (χ3v) is 4.24. The molecule has 0 saturated carbocycles. The summed E-state index contributed by atoms with van der Waals surface area (Å²) in [5.41, 5.74) is 6.61. The van der Waals surface area contributed by atoms with Crippen molar-refractivity contribution in [1.82, 2.24) is 4.90 Å². The smallest absolute Gasteiger partial charge is 0.146 e. The molecule has 1 atom stereocenters. The van der Waals surface area contributed by atoms with Crippen molar-refractivity contribution in [2.45, 2.75) is 52.6 Å². The van der Waals surface area contributed by atoms with Gasteiger partial charge in [0.25, 0.3) is 0 Å². The van der Waals surface area contributed by atoms with E-state index in [1.807, 2.05) is 0 Å². The second-order valence-electron chi connectivity index (χ2n) is 5.96. The average molecular weight is 315 g/mol. The highest BCUT2D eigenvalue weighted by molar-refractivity contribution is 6.30. The summed E-state index contributed by atoms with van der Waals surface area (Å²) < 4.78 is 14.4. The molecule has 1 aromatic rings. The van der Waals surface area contributed by atoms with E-state index in [-0.39, 0.29) is 16.9 Å². The maximum absolute atomic E-state index is 14.4. The van der Waals surface area contributed by atoms with Gasteiger partial charge in [-0.3, -0.25) is 4.90 Å². The molecule has 2 N–H and O–H groups in total. The fourth-order valence-corrected chi connectivity index (χ4v) is 3.11. The molecular formula is C17H28ClFN2. The van der Waals surface area contributed by atoms with Gasteiger partial charge in [-0.1, -0.05) is 51.4 Å². The van der Waals surface area contributed by atoms with Crippen LogP contribution >= 0.6 is 11.6 Å². The molecule has 0 aliphatic rings. The molecule has 4 heteroatoms. The van der Waals surface area contributed by atoms with Gasteiger partial charge in [0.1, 0.15) is 5.82 Å². The molecule has 0 saturated heterocycles. The Bertz CT molecular complexity index is 433. The van der Waals surface area contributed by atoms with Crippen LogP contribution in [0.3, 0.4) is 0 Å². The van der Waals surface area contributed by atoms with Crippen LogP contribution in [0.4, 0.5) is 4.39 Å². The summed E-state index contributed by atoms with van der Waals surface area (Å²) in [6.07, 6.45) is 2.06. The van der Waals surface area contributed by atoms with Crippen molar-refractivity contribution in [2.75, 3.05) is 13.1 Å². The highest BCUT2D eigenvalue weighted by Gasteiger charge is 2.27. The lowest BCUT2D eigenvalue weighted by molar-refractivity contribution is 0.110. The lowest BCUT2D eigenvalue weighted by Gasteiger charge is -2.38. The summed E-state index contributed by atoms with van der Waals surface area (Å²) in [4.78, 5) is 2.35.